The lowest BCUT2D eigenvalue weighted by atomic mass is 10.1. The van der Waals surface area contributed by atoms with Gasteiger partial charge < -0.3 is 9.72 Å². The van der Waals surface area contributed by atoms with E-state index < -0.39 is 0 Å². The van der Waals surface area contributed by atoms with Gasteiger partial charge in [0.25, 0.3) is 0 Å². The Hall–Kier alpha value is -1.28. The zero-order chi connectivity index (χ0) is 7.97. The van der Waals surface area contributed by atoms with Crippen molar-refractivity contribution in [1.82, 2.24) is 4.98 Å². The molecule has 1 unspecified atom stereocenters. The van der Waals surface area contributed by atoms with E-state index in [1.807, 2.05) is 6.20 Å². The van der Waals surface area contributed by atoms with Gasteiger partial charge in [-0.25, -0.2) is 0 Å². The number of aromatic amines is 1. The molecule has 2 heterocycles. The zero-order valence-corrected chi connectivity index (χ0v) is 6.58. The SMILES string of the molecule is c1cc(C2CO2)c2cc[nH]c2c1. The molecule has 1 atom stereocenters. The summed E-state index contributed by atoms with van der Waals surface area (Å²) >= 11 is 0. The van der Waals surface area contributed by atoms with Gasteiger partial charge in [0.1, 0.15) is 6.10 Å². The van der Waals surface area contributed by atoms with Gasteiger partial charge in [0, 0.05) is 17.1 Å². The second-order valence-electron chi connectivity index (χ2n) is 3.11. The van der Waals surface area contributed by atoms with Gasteiger partial charge in [0.15, 0.2) is 0 Å². The Bertz CT molecular complexity index is 414. The van der Waals surface area contributed by atoms with E-state index in [2.05, 4.69) is 29.2 Å². The minimum atomic E-state index is 0.351. The maximum Gasteiger partial charge on any atom is 0.107 e. The first-order valence-electron chi connectivity index (χ1n) is 4.13. The topological polar surface area (TPSA) is 28.3 Å². The number of ether oxygens (including phenoxy) is 1. The Balaban J connectivity index is 2.32. The third kappa shape index (κ3) is 0.786. The quantitative estimate of drug-likeness (QED) is 0.635. The molecule has 1 N–H and O–H groups in total. The highest BCUT2D eigenvalue weighted by atomic mass is 16.6. The van der Waals surface area contributed by atoms with E-state index in [1.165, 1.54) is 16.5 Å². The minimum absolute atomic E-state index is 0.351. The standard InChI is InChI=1S/C10H9NO/c1-2-8(10-6-12-10)7-4-5-11-9(7)3-1/h1-5,10-11H,6H2. The number of hydrogen-bond donors (Lipinski definition) is 1. The first kappa shape index (κ1) is 6.26. The molecule has 2 aromatic rings. The molecule has 1 aliphatic heterocycles. The number of benzene rings is 1. The van der Waals surface area contributed by atoms with E-state index >= 15 is 0 Å². The molecular weight excluding hydrogens is 150 g/mol. The molecule has 0 saturated carbocycles. The summed E-state index contributed by atoms with van der Waals surface area (Å²) in [6.45, 7) is 0.879. The van der Waals surface area contributed by atoms with Crippen LogP contribution in [0.15, 0.2) is 30.5 Å². The fraction of sp³-hybridized carbons (Fsp3) is 0.200. The van der Waals surface area contributed by atoms with E-state index in [0.29, 0.717) is 6.10 Å². The average molecular weight is 159 g/mol. The van der Waals surface area contributed by atoms with Gasteiger partial charge in [-0.1, -0.05) is 12.1 Å². The predicted molar refractivity (Wildman–Crippen MR) is 47.0 cm³/mol. The van der Waals surface area contributed by atoms with Crippen molar-refractivity contribution in [1.29, 1.82) is 0 Å². The van der Waals surface area contributed by atoms with Gasteiger partial charge in [-0.3, -0.25) is 0 Å². The van der Waals surface area contributed by atoms with Gasteiger partial charge in [-0.2, -0.15) is 0 Å². The monoisotopic (exact) mass is 159 g/mol. The summed E-state index contributed by atoms with van der Waals surface area (Å²) in [5, 5.41) is 1.29. The smallest absolute Gasteiger partial charge is 0.107 e. The summed E-state index contributed by atoms with van der Waals surface area (Å²) in [6, 6.07) is 8.39. The van der Waals surface area contributed by atoms with Gasteiger partial charge in [0.2, 0.25) is 0 Å². The Labute approximate surface area is 70.2 Å². The molecule has 0 amide bonds. The van der Waals surface area contributed by atoms with Crippen molar-refractivity contribution in [3.8, 4) is 0 Å². The van der Waals surface area contributed by atoms with Crippen molar-refractivity contribution in [2.45, 2.75) is 6.10 Å². The number of H-pyrrole nitrogens is 1. The van der Waals surface area contributed by atoms with Crippen molar-refractivity contribution < 1.29 is 4.74 Å². The van der Waals surface area contributed by atoms with E-state index in [-0.39, 0.29) is 0 Å². The molecule has 0 spiro atoms. The number of epoxide rings is 1. The highest BCUT2D eigenvalue weighted by Crippen LogP contribution is 2.34. The lowest BCUT2D eigenvalue weighted by Crippen LogP contribution is -1.80. The third-order valence-corrected chi connectivity index (χ3v) is 2.31. The van der Waals surface area contributed by atoms with E-state index in [4.69, 9.17) is 4.74 Å². The lowest BCUT2D eigenvalue weighted by molar-refractivity contribution is 0.417. The van der Waals surface area contributed by atoms with Crippen molar-refractivity contribution in [2.75, 3.05) is 6.61 Å². The Morgan fingerprint density at radius 2 is 2.25 bits per heavy atom. The molecule has 3 rings (SSSR count). The Morgan fingerprint density at radius 1 is 1.33 bits per heavy atom. The van der Waals surface area contributed by atoms with Crippen LogP contribution in [0.25, 0.3) is 10.9 Å². The summed E-state index contributed by atoms with van der Waals surface area (Å²) in [7, 11) is 0. The minimum Gasteiger partial charge on any atom is -0.368 e. The highest BCUT2D eigenvalue weighted by molar-refractivity contribution is 5.83. The van der Waals surface area contributed by atoms with E-state index in [1.54, 1.807) is 0 Å². The second-order valence-corrected chi connectivity index (χ2v) is 3.11. The first-order valence-corrected chi connectivity index (χ1v) is 4.13. The predicted octanol–water partition coefficient (Wildman–Crippen LogP) is 2.24. The van der Waals surface area contributed by atoms with Crippen molar-refractivity contribution >= 4 is 10.9 Å². The average Bonchev–Trinajstić information content (AvgIpc) is 2.82. The number of rotatable bonds is 1. The van der Waals surface area contributed by atoms with Crippen LogP contribution in [0.4, 0.5) is 0 Å². The van der Waals surface area contributed by atoms with Crippen LogP contribution in [0.2, 0.25) is 0 Å². The molecule has 12 heavy (non-hydrogen) atoms. The maximum atomic E-state index is 5.26. The molecule has 0 radical (unpaired) electrons. The van der Waals surface area contributed by atoms with Gasteiger partial charge >= 0.3 is 0 Å². The fourth-order valence-corrected chi connectivity index (χ4v) is 1.62. The van der Waals surface area contributed by atoms with Crippen LogP contribution in [0.1, 0.15) is 11.7 Å². The summed E-state index contributed by atoms with van der Waals surface area (Å²) in [5.74, 6) is 0. The molecule has 1 aromatic carbocycles. The molecule has 1 aromatic heterocycles. The van der Waals surface area contributed by atoms with Gasteiger partial charge in [-0.05, 0) is 17.7 Å². The summed E-state index contributed by atoms with van der Waals surface area (Å²) < 4.78 is 5.26. The van der Waals surface area contributed by atoms with E-state index in [0.717, 1.165) is 6.61 Å². The van der Waals surface area contributed by atoms with Crippen LogP contribution in [0, 0.1) is 0 Å². The fourth-order valence-electron chi connectivity index (χ4n) is 1.62. The number of aromatic nitrogens is 1. The normalized spacial score (nSPS) is 21.5. The molecule has 60 valence electrons. The summed E-state index contributed by atoms with van der Waals surface area (Å²) in [4.78, 5) is 3.19. The number of fused-ring (bicyclic) bond motifs is 1. The third-order valence-electron chi connectivity index (χ3n) is 2.31. The molecule has 0 bridgehead atoms. The molecule has 1 saturated heterocycles. The Morgan fingerprint density at radius 3 is 3.08 bits per heavy atom. The molecule has 1 aliphatic rings. The Kier molecular flexibility index (Phi) is 1.10. The first-order chi connectivity index (χ1) is 5.95. The number of hydrogen-bond acceptors (Lipinski definition) is 1. The van der Waals surface area contributed by atoms with Crippen molar-refractivity contribution in [3.63, 3.8) is 0 Å². The van der Waals surface area contributed by atoms with Crippen LogP contribution in [0.5, 0.6) is 0 Å². The molecule has 0 aliphatic carbocycles. The molecular formula is C10H9NO. The van der Waals surface area contributed by atoms with Crippen molar-refractivity contribution in [3.05, 3.63) is 36.0 Å². The summed E-state index contributed by atoms with van der Waals surface area (Å²) in [5.41, 5.74) is 2.51. The van der Waals surface area contributed by atoms with Crippen LogP contribution >= 0.6 is 0 Å². The largest absolute Gasteiger partial charge is 0.368 e. The second kappa shape index (κ2) is 2.11. The van der Waals surface area contributed by atoms with Crippen LogP contribution in [-0.2, 0) is 4.74 Å². The van der Waals surface area contributed by atoms with Crippen LogP contribution in [-0.4, -0.2) is 11.6 Å². The van der Waals surface area contributed by atoms with Gasteiger partial charge in [0.05, 0.1) is 6.61 Å². The maximum absolute atomic E-state index is 5.26. The van der Waals surface area contributed by atoms with Crippen LogP contribution in [0.3, 0.4) is 0 Å². The van der Waals surface area contributed by atoms with Crippen LogP contribution < -0.4 is 0 Å². The zero-order valence-electron chi connectivity index (χ0n) is 6.58. The number of nitrogens with one attached hydrogen (secondary N) is 1. The van der Waals surface area contributed by atoms with Gasteiger partial charge in [-0.15, -0.1) is 0 Å². The summed E-state index contributed by atoms with van der Waals surface area (Å²) in [6.07, 6.45) is 2.32. The molecule has 2 heteroatoms. The van der Waals surface area contributed by atoms with E-state index in [9.17, 15) is 0 Å². The molecule has 2 nitrogen and oxygen atoms in total. The van der Waals surface area contributed by atoms with Crippen molar-refractivity contribution in [2.24, 2.45) is 0 Å². The highest BCUT2D eigenvalue weighted by Gasteiger charge is 2.26. The molecule has 1 fully saturated rings. The lowest BCUT2D eigenvalue weighted by Gasteiger charge is -1.96.